The van der Waals surface area contributed by atoms with Crippen LogP contribution in [0.25, 0.3) is 10.4 Å². The lowest BCUT2D eigenvalue weighted by molar-refractivity contribution is 0.0692. The number of amides is 1. The molecule has 1 aromatic carbocycles. The first-order valence-electron chi connectivity index (χ1n) is 8.47. The quantitative estimate of drug-likeness (QED) is 0.847. The van der Waals surface area contributed by atoms with Crippen LogP contribution in [-0.2, 0) is 0 Å². The zero-order valence-electron chi connectivity index (χ0n) is 13.9. The highest BCUT2D eigenvalue weighted by atomic mass is 35.5. The zero-order valence-corrected chi connectivity index (χ0v) is 15.5. The minimum atomic E-state index is 0.173. The van der Waals surface area contributed by atoms with Gasteiger partial charge < -0.3 is 10.2 Å². The van der Waals surface area contributed by atoms with Crippen LogP contribution in [-0.4, -0.2) is 37.5 Å². The molecule has 2 heterocycles. The van der Waals surface area contributed by atoms with E-state index in [9.17, 15) is 4.79 Å². The van der Waals surface area contributed by atoms with E-state index >= 15 is 0 Å². The van der Waals surface area contributed by atoms with E-state index in [1.807, 2.05) is 48.3 Å². The Kier molecular flexibility index (Phi) is 5.93. The van der Waals surface area contributed by atoms with Gasteiger partial charge in [0.2, 0.25) is 0 Å². The molecule has 2 aromatic rings. The van der Waals surface area contributed by atoms with E-state index in [-0.39, 0.29) is 5.91 Å². The van der Waals surface area contributed by atoms with Gasteiger partial charge in [0, 0.05) is 23.0 Å². The maximum atomic E-state index is 12.7. The second-order valence-corrected chi connectivity index (χ2v) is 7.82. The average molecular weight is 363 g/mol. The van der Waals surface area contributed by atoms with Gasteiger partial charge in [-0.05, 0) is 68.6 Å². The molecule has 0 atom stereocenters. The number of thiophene rings is 1. The summed E-state index contributed by atoms with van der Waals surface area (Å²) in [5, 5.41) is 3.94. The van der Waals surface area contributed by atoms with Gasteiger partial charge in [0.15, 0.2) is 0 Å². The smallest absolute Gasteiger partial charge is 0.263 e. The molecule has 3 rings (SSSR count). The second-order valence-electron chi connectivity index (χ2n) is 6.30. The predicted molar refractivity (Wildman–Crippen MR) is 102 cm³/mol. The van der Waals surface area contributed by atoms with Crippen molar-refractivity contribution in [1.82, 2.24) is 10.2 Å². The summed E-state index contributed by atoms with van der Waals surface area (Å²) >= 11 is 7.50. The molecule has 1 saturated heterocycles. The number of carbonyl (C=O) groups excluding carboxylic acids is 1. The van der Waals surface area contributed by atoms with Crippen molar-refractivity contribution in [2.45, 2.75) is 19.3 Å². The third-order valence-electron chi connectivity index (χ3n) is 4.65. The average Bonchev–Trinajstić information content (AvgIpc) is 3.10. The Bertz CT molecular complexity index is 675. The molecule has 0 radical (unpaired) electrons. The highest BCUT2D eigenvalue weighted by Gasteiger charge is 2.24. The topological polar surface area (TPSA) is 32.3 Å². The molecule has 0 spiro atoms. The fourth-order valence-corrected chi connectivity index (χ4v) is 4.26. The van der Waals surface area contributed by atoms with Crippen LogP contribution in [0.1, 0.15) is 28.9 Å². The Hall–Kier alpha value is -1.36. The number of carbonyl (C=O) groups is 1. The third-order valence-corrected chi connectivity index (χ3v) is 6.02. The van der Waals surface area contributed by atoms with Crippen molar-refractivity contribution in [2.24, 2.45) is 5.92 Å². The SMILES string of the molecule is CNCCC1CCN(C(=O)c2ccc(-c3ccc(Cl)cc3)s2)CC1. The third kappa shape index (κ3) is 4.18. The molecule has 0 bridgehead atoms. The van der Waals surface area contributed by atoms with Crippen molar-refractivity contribution in [2.75, 3.05) is 26.7 Å². The van der Waals surface area contributed by atoms with Crippen LogP contribution in [0.4, 0.5) is 0 Å². The maximum Gasteiger partial charge on any atom is 0.263 e. The summed E-state index contributed by atoms with van der Waals surface area (Å²) in [4.78, 5) is 16.7. The lowest BCUT2D eigenvalue weighted by atomic mass is 9.93. The maximum absolute atomic E-state index is 12.7. The highest BCUT2D eigenvalue weighted by molar-refractivity contribution is 7.17. The van der Waals surface area contributed by atoms with E-state index in [4.69, 9.17) is 11.6 Å². The van der Waals surface area contributed by atoms with E-state index in [1.54, 1.807) is 11.3 Å². The fourth-order valence-electron chi connectivity index (χ4n) is 3.15. The minimum absolute atomic E-state index is 0.173. The number of hydrogen-bond acceptors (Lipinski definition) is 3. The Morgan fingerprint density at radius 2 is 1.92 bits per heavy atom. The van der Waals surface area contributed by atoms with Crippen LogP contribution in [0.3, 0.4) is 0 Å². The van der Waals surface area contributed by atoms with E-state index in [1.165, 1.54) is 6.42 Å². The summed E-state index contributed by atoms with van der Waals surface area (Å²) in [5.41, 5.74) is 1.11. The number of rotatable bonds is 5. The second kappa shape index (κ2) is 8.15. The largest absolute Gasteiger partial charge is 0.338 e. The lowest BCUT2D eigenvalue weighted by Gasteiger charge is -2.31. The van der Waals surface area contributed by atoms with E-state index in [0.717, 1.165) is 58.7 Å². The van der Waals surface area contributed by atoms with Crippen molar-refractivity contribution >= 4 is 28.8 Å². The molecule has 1 N–H and O–H groups in total. The van der Waals surface area contributed by atoms with Crippen molar-refractivity contribution in [3.63, 3.8) is 0 Å². The Balaban J connectivity index is 1.61. The van der Waals surface area contributed by atoms with Gasteiger partial charge in [0.25, 0.3) is 5.91 Å². The molecule has 1 aliphatic rings. The van der Waals surface area contributed by atoms with Crippen molar-refractivity contribution in [3.8, 4) is 10.4 Å². The number of piperidine rings is 1. The van der Waals surface area contributed by atoms with Crippen LogP contribution in [0.15, 0.2) is 36.4 Å². The first-order chi connectivity index (χ1) is 11.7. The van der Waals surface area contributed by atoms with Gasteiger partial charge in [0.1, 0.15) is 0 Å². The molecule has 24 heavy (non-hydrogen) atoms. The van der Waals surface area contributed by atoms with Gasteiger partial charge in [0.05, 0.1) is 4.88 Å². The number of likely N-dealkylation sites (tertiary alicyclic amines) is 1. The van der Waals surface area contributed by atoms with Crippen molar-refractivity contribution in [1.29, 1.82) is 0 Å². The predicted octanol–water partition coefficient (Wildman–Crippen LogP) is 4.53. The Labute approximate surface area is 152 Å². The number of nitrogens with zero attached hydrogens (tertiary/aromatic N) is 1. The Morgan fingerprint density at radius 1 is 1.21 bits per heavy atom. The summed E-state index contributed by atoms with van der Waals surface area (Å²) in [5.74, 6) is 0.918. The van der Waals surface area contributed by atoms with Crippen LogP contribution < -0.4 is 5.32 Å². The van der Waals surface area contributed by atoms with E-state index in [0.29, 0.717) is 0 Å². The summed E-state index contributed by atoms with van der Waals surface area (Å²) in [6.07, 6.45) is 3.43. The zero-order chi connectivity index (χ0) is 16.9. The Morgan fingerprint density at radius 3 is 2.58 bits per heavy atom. The summed E-state index contributed by atoms with van der Waals surface area (Å²) < 4.78 is 0. The van der Waals surface area contributed by atoms with Gasteiger partial charge in [-0.2, -0.15) is 0 Å². The van der Waals surface area contributed by atoms with Gasteiger partial charge in [-0.1, -0.05) is 23.7 Å². The van der Waals surface area contributed by atoms with Crippen molar-refractivity contribution < 1.29 is 4.79 Å². The molecule has 1 aromatic heterocycles. The molecule has 1 fully saturated rings. The molecular formula is C19H23ClN2OS. The molecule has 128 valence electrons. The van der Waals surface area contributed by atoms with Gasteiger partial charge in [-0.3, -0.25) is 4.79 Å². The van der Waals surface area contributed by atoms with Crippen LogP contribution >= 0.6 is 22.9 Å². The number of benzene rings is 1. The monoisotopic (exact) mass is 362 g/mol. The number of nitrogens with one attached hydrogen (secondary N) is 1. The number of hydrogen-bond donors (Lipinski definition) is 1. The van der Waals surface area contributed by atoms with Crippen molar-refractivity contribution in [3.05, 3.63) is 46.3 Å². The summed E-state index contributed by atoms with van der Waals surface area (Å²) in [7, 11) is 1.99. The van der Waals surface area contributed by atoms with Crippen LogP contribution in [0, 0.1) is 5.92 Å². The molecule has 5 heteroatoms. The molecule has 0 saturated carbocycles. The molecule has 3 nitrogen and oxygen atoms in total. The van der Waals surface area contributed by atoms with E-state index < -0.39 is 0 Å². The van der Waals surface area contributed by atoms with Gasteiger partial charge >= 0.3 is 0 Å². The molecule has 1 aliphatic heterocycles. The molecular weight excluding hydrogens is 340 g/mol. The minimum Gasteiger partial charge on any atom is -0.338 e. The number of halogens is 1. The normalized spacial score (nSPS) is 15.7. The van der Waals surface area contributed by atoms with Crippen LogP contribution in [0.2, 0.25) is 5.02 Å². The molecule has 0 unspecified atom stereocenters. The standard InChI is InChI=1S/C19H23ClN2OS/c1-21-11-8-14-9-12-22(13-10-14)19(23)18-7-6-17(24-18)15-2-4-16(20)5-3-15/h2-7,14,21H,8-13H2,1H3. The van der Waals surface area contributed by atoms with E-state index in [2.05, 4.69) is 5.32 Å². The molecule has 1 amide bonds. The highest BCUT2D eigenvalue weighted by Crippen LogP contribution is 2.30. The molecule has 0 aliphatic carbocycles. The van der Waals surface area contributed by atoms with Crippen LogP contribution in [0.5, 0.6) is 0 Å². The first-order valence-corrected chi connectivity index (χ1v) is 9.66. The van der Waals surface area contributed by atoms with Gasteiger partial charge in [-0.25, -0.2) is 0 Å². The lowest BCUT2D eigenvalue weighted by Crippen LogP contribution is -2.38. The fraction of sp³-hybridized carbons (Fsp3) is 0.421. The van der Waals surface area contributed by atoms with Gasteiger partial charge in [-0.15, -0.1) is 11.3 Å². The summed E-state index contributed by atoms with van der Waals surface area (Å²) in [6, 6.07) is 11.7. The first kappa shape index (κ1) is 17.5. The summed E-state index contributed by atoms with van der Waals surface area (Å²) in [6.45, 7) is 2.82.